The largest absolute Gasteiger partial charge is 0.505 e. The van der Waals surface area contributed by atoms with Crippen LogP contribution in [0.4, 0.5) is 4.39 Å². The van der Waals surface area contributed by atoms with Crippen molar-refractivity contribution in [1.82, 2.24) is 15.1 Å². The second kappa shape index (κ2) is 8.85. The first-order chi connectivity index (χ1) is 13.9. The molecule has 1 saturated carbocycles. The second-order valence-corrected chi connectivity index (χ2v) is 7.07. The summed E-state index contributed by atoms with van der Waals surface area (Å²) in [5, 5.41) is 25.8. The van der Waals surface area contributed by atoms with Crippen LogP contribution in [0.2, 0.25) is 0 Å². The van der Waals surface area contributed by atoms with E-state index >= 15 is 0 Å². The van der Waals surface area contributed by atoms with E-state index in [2.05, 4.69) is 10.4 Å². The highest BCUT2D eigenvalue weighted by atomic mass is 19.1. The number of aromatic hydroxyl groups is 1. The molecule has 0 saturated heterocycles. The van der Waals surface area contributed by atoms with Gasteiger partial charge in [-0.1, -0.05) is 37.5 Å². The van der Waals surface area contributed by atoms with Gasteiger partial charge in [-0.2, -0.15) is 5.10 Å². The number of halogens is 1. The van der Waals surface area contributed by atoms with Crippen LogP contribution >= 0.6 is 0 Å². The molecule has 3 rings (SSSR count). The summed E-state index contributed by atoms with van der Waals surface area (Å²) in [6.45, 7) is -0.920. The molecule has 1 aliphatic carbocycles. The summed E-state index contributed by atoms with van der Waals surface area (Å²) in [6.07, 6.45) is 4.40. The van der Waals surface area contributed by atoms with Gasteiger partial charge in [-0.15, -0.1) is 0 Å². The van der Waals surface area contributed by atoms with E-state index in [9.17, 15) is 23.9 Å². The number of hydrogen-bond acceptors (Lipinski definition) is 5. The van der Waals surface area contributed by atoms with Gasteiger partial charge in [-0.05, 0) is 18.9 Å². The van der Waals surface area contributed by atoms with Gasteiger partial charge < -0.3 is 15.5 Å². The van der Waals surface area contributed by atoms with Crippen LogP contribution in [0, 0.1) is 5.82 Å². The summed E-state index contributed by atoms with van der Waals surface area (Å²) in [7, 11) is 0. The van der Waals surface area contributed by atoms with Crippen LogP contribution in [0.25, 0.3) is 0 Å². The van der Waals surface area contributed by atoms with Crippen LogP contribution in [0.5, 0.6) is 5.75 Å². The number of rotatable bonds is 6. The van der Waals surface area contributed by atoms with Gasteiger partial charge in [0.15, 0.2) is 5.75 Å². The SMILES string of the molecule is O=C(O)CNC(=O)c1c(O)c(C2CCCCC2)nn(Cc2ccccc2F)c1=O. The summed E-state index contributed by atoms with van der Waals surface area (Å²) >= 11 is 0. The van der Waals surface area contributed by atoms with E-state index in [1.54, 1.807) is 6.07 Å². The third-order valence-corrected chi connectivity index (χ3v) is 5.05. The van der Waals surface area contributed by atoms with Gasteiger partial charge in [0, 0.05) is 11.5 Å². The van der Waals surface area contributed by atoms with Crippen molar-refractivity contribution in [3.8, 4) is 5.75 Å². The minimum Gasteiger partial charge on any atom is -0.505 e. The van der Waals surface area contributed by atoms with Crippen LogP contribution < -0.4 is 10.9 Å². The Morgan fingerprint density at radius 2 is 1.90 bits per heavy atom. The zero-order valence-electron chi connectivity index (χ0n) is 15.7. The first-order valence-corrected chi connectivity index (χ1v) is 9.46. The molecule has 0 radical (unpaired) electrons. The maximum Gasteiger partial charge on any atom is 0.322 e. The second-order valence-electron chi connectivity index (χ2n) is 7.07. The highest BCUT2D eigenvalue weighted by molar-refractivity contribution is 5.98. The highest BCUT2D eigenvalue weighted by Gasteiger charge is 2.28. The van der Waals surface area contributed by atoms with Crippen LogP contribution in [-0.4, -0.2) is 38.4 Å². The number of nitrogens with one attached hydrogen (secondary N) is 1. The Kier molecular flexibility index (Phi) is 6.26. The number of hydrogen-bond donors (Lipinski definition) is 3. The third-order valence-electron chi connectivity index (χ3n) is 5.05. The van der Waals surface area contributed by atoms with Crippen LogP contribution in [-0.2, 0) is 11.3 Å². The topological polar surface area (TPSA) is 122 Å². The lowest BCUT2D eigenvalue weighted by molar-refractivity contribution is -0.135. The van der Waals surface area contributed by atoms with Gasteiger partial charge in [0.25, 0.3) is 11.5 Å². The summed E-state index contributed by atoms with van der Waals surface area (Å²) < 4.78 is 15.0. The average molecular weight is 403 g/mol. The number of benzene rings is 1. The molecule has 3 N–H and O–H groups in total. The number of aliphatic carboxylic acids is 1. The van der Waals surface area contributed by atoms with E-state index in [1.807, 2.05) is 0 Å². The van der Waals surface area contributed by atoms with Crippen molar-refractivity contribution in [2.24, 2.45) is 0 Å². The molecule has 1 aromatic carbocycles. The average Bonchev–Trinajstić information content (AvgIpc) is 2.70. The number of carboxylic acid groups (broad SMARTS) is 1. The number of aromatic nitrogens is 2. The Morgan fingerprint density at radius 3 is 2.55 bits per heavy atom. The number of carbonyl (C=O) groups excluding carboxylic acids is 1. The zero-order valence-corrected chi connectivity index (χ0v) is 15.7. The predicted molar refractivity (Wildman–Crippen MR) is 101 cm³/mol. The molecule has 0 unspecified atom stereocenters. The molecule has 0 spiro atoms. The number of amides is 1. The lowest BCUT2D eigenvalue weighted by atomic mass is 9.86. The molecular weight excluding hydrogens is 381 g/mol. The van der Waals surface area contributed by atoms with Crippen molar-refractivity contribution in [1.29, 1.82) is 0 Å². The van der Waals surface area contributed by atoms with Crippen molar-refractivity contribution >= 4 is 11.9 Å². The Bertz CT molecular complexity index is 983. The van der Waals surface area contributed by atoms with Crippen molar-refractivity contribution < 1.29 is 24.2 Å². The Morgan fingerprint density at radius 1 is 1.21 bits per heavy atom. The molecule has 9 heteroatoms. The molecule has 0 aliphatic heterocycles. The molecule has 2 aromatic rings. The monoisotopic (exact) mass is 403 g/mol. The first kappa shape index (κ1) is 20.5. The van der Waals surface area contributed by atoms with E-state index in [-0.39, 0.29) is 23.7 Å². The Balaban J connectivity index is 2.08. The quantitative estimate of drug-likeness (QED) is 0.678. The Hall–Kier alpha value is -3.23. The minimum absolute atomic E-state index is 0.137. The standard InChI is InChI=1S/C20H22FN3O5/c21-14-9-5-4-8-13(14)11-24-20(29)16(19(28)22-10-15(25)26)18(27)17(23-24)12-6-2-1-3-7-12/h4-5,8-9,12,27H,1-3,6-7,10-11H2,(H,22,28)(H,25,26). The van der Waals surface area contributed by atoms with Crippen molar-refractivity contribution in [2.45, 2.75) is 44.6 Å². The van der Waals surface area contributed by atoms with Gasteiger partial charge in [-0.3, -0.25) is 14.4 Å². The molecule has 0 bridgehead atoms. The van der Waals surface area contributed by atoms with Gasteiger partial charge in [0.05, 0.1) is 6.54 Å². The van der Waals surface area contributed by atoms with E-state index < -0.39 is 41.1 Å². The smallest absolute Gasteiger partial charge is 0.322 e. The molecule has 1 amide bonds. The van der Waals surface area contributed by atoms with Crippen LogP contribution in [0.15, 0.2) is 29.1 Å². The molecule has 29 heavy (non-hydrogen) atoms. The summed E-state index contributed by atoms with van der Waals surface area (Å²) in [5.74, 6) is -3.48. The lowest BCUT2D eigenvalue weighted by Crippen LogP contribution is -2.37. The maximum absolute atomic E-state index is 14.1. The van der Waals surface area contributed by atoms with Crippen molar-refractivity contribution in [2.75, 3.05) is 6.54 Å². The fourth-order valence-electron chi connectivity index (χ4n) is 3.58. The molecule has 1 heterocycles. The lowest BCUT2D eigenvalue weighted by Gasteiger charge is -2.23. The number of nitrogens with zero attached hydrogens (tertiary/aromatic N) is 2. The summed E-state index contributed by atoms with van der Waals surface area (Å²) in [5.41, 5.74) is -1.06. The van der Waals surface area contributed by atoms with Crippen molar-refractivity contribution in [3.05, 3.63) is 57.3 Å². The molecule has 154 valence electrons. The van der Waals surface area contributed by atoms with Gasteiger partial charge in [-0.25, -0.2) is 9.07 Å². The van der Waals surface area contributed by atoms with Gasteiger partial charge in [0.2, 0.25) is 0 Å². The van der Waals surface area contributed by atoms with Gasteiger partial charge >= 0.3 is 5.97 Å². The van der Waals surface area contributed by atoms with E-state index in [1.165, 1.54) is 18.2 Å². The number of carboxylic acids is 1. The predicted octanol–water partition coefficient (Wildman–Crippen LogP) is 2.00. The van der Waals surface area contributed by atoms with Crippen LogP contribution in [0.1, 0.15) is 59.6 Å². The summed E-state index contributed by atoms with van der Waals surface area (Å²) in [4.78, 5) is 36.0. The van der Waals surface area contributed by atoms with E-state index in [0.717, 1.165) is 36.8 Å². The fraction of sp³-hybridized carbons (Fsp3) is 0.400. The number of carbonyl (C=O) groups is 2. The minimum atomic E-state index is -1.29. The first-order valence-electron chi connectivity index (χ1n) is 9.46. The highest BCUT2D eigenvalue weighted by Crippen LogP contribution is 2.36. The summed E-state index contributed by atoms with van der Waals surface area (Å²) in [6, 6.07) is 5.89. The molecular formula is C20H22FN3O5. The van der Waals surface area contributed by atoms with Gasteiger partial charge in [0.1, 0.15) is 23.6 Å². The molecule has 8 nitrogen and oxygen atoms in total. The zero-order chi connectivity index (χ0) is 21.0. The molecule has 0 atom stereocenters. The Labute approximate surface area is 166 Å². The fourth-order valence-corrected chi connectivity index (χ4v) is 3.58. The molecule has 1 fully saturated rings. The van der Waals surface area contributed by atoms with Crippen molar-refractivity contribution in [3.63, 3.8) is 0 Å². The molecule has 1 aromatic heterocycles. The van der Waals surface area contributed by atoms with E-state index in [0.29, 0.717) is 0 Å². The maximum atomic E-state index is 14.1. The van der Waals surface area contributed by atoms with Crippen LogP contribution in [0.3, 0.4) is 0 Å². The normalized spacial score (nSPS) is 14.5. The molecule has 1 aliphatic rings. The third kappa shape index (κ3) is 4.61. The van der Waals surface area contributed by atoms with E-state index in [4.69, 9.17) is 5.11 Å².